The largest absolute Gasteiger partial charge is 0.504 e. The number of benzene rings is 3. The van der Waals surface area contributed by atoms with E-state index in [4.69, 9.17) is 16.3 Å². The van der Waals surface area contributed by atoms with E-state index >= 15 is 0 Å². The van der Waals surface area contributed by atoms with E-state index in [1.54, 1.807) is 36.4 Å². The Morgan fingerprint density at radius 1 is 0.769 bits per heavy atom. The summed E-state index contributed by atoms with van der Waals surface area (Å²) in [7, 11) is 0. The van der Waals surface area contributed by atoms with Crippen LogP contribution >= 0.6 is 11.6 Å². The Balaban J connectivity index is 1.75. The minimum atomic E-state index is -1.26. The van der Waals surface area contributed by atoms with Crippen LogP contribution in [0.5, 0.6) is 17.2 Å². The molecule has 1 unspecified atom stereocenters. The van der Waals surface area contributed by atoms with Crippen molar-refractivity contribution in [3.63, 3.8) is 0 Å². The molecule has 3 rings (SSSR count). The number of aliphatic hydroxyl groups excluding tert-OH is 2. The second-order valence-electron chi connectivity index (χ2n) is 5.89. The molecule has 3 atom stereocenters. The molecule has 3 aromatic carbocycles. The normalized spacial score (nSPS) is 14.4. The van der Waals surface area contributed by atoms with E-state index in [0.717, 1.165) is 0 Å². The summed E-state index contributed by atoms with van der Waals surface area (Å²) in [6.45, 7) is 0. The van der Waals surface area contributed by atoms with Crippen molar-refractivity contribution in [3.8, 4) is 17.2 Å². The Hall–Kier alpha value is -2.53. The van der Waals surface area contributed by atoms with Gasteiger partial charge >= 0.3 is 0 Å². The summed E-state index contributed by atoms with van der Waals surface area (Å²) in [6, 6.07) is 22.6. The van der Waals surface area contributed by atoms with Gasteiger partial charge in [-0.25, -0.2) is 0 Å². The van der Waals surface area contributed by atoms with Gasteiger partial charge in [-0.05, 0) is 35.4 Å². The zero-order valence-electron chi connectivity index (χ0n) is 13.9. The summed E-state index contributed by atoms with van der Waals surface area (Å²) >= 11 is 6.28. The number of alkyl halides is 1. The molecule has 3 aromatic rings. The van der Waals surface area contributed by atoms with Crippen LogP contribution in [0.2, 0.25) is 0 Å². The number of hydrogen-bond donors (Lipinski definition) is 3. The molecule has 0 fully saturated rings. The SMILES string of the molecule is Oc1cc([C@@H](O)[C@H](O)C(Cl)c2ccccc2)ccc1Oc1ccccc1. The standard InChI is InChI=1S/C21H19ClO4/c22-19(14-7-3-1-4-8-14)21(25)20(24)15-11-12-18(17(23)13-15)26-16-9-5-2-6-10-16/h1-13,19-21,23-25H/t19?,20-,21-/m1/s1. The van der Waals surface area contributed by atoms with Crippen molar-refractivity contribution in [1.29, 1.82) is 0 Å². The van der Waals surface area contributed by atoms with Crippen LogP contribution in [-0.2, 0) is 0 Å². The van der Waals surface area contributed by atoms with Crippen LogP contribution in [0.4, 0.5) is 0 Å². The van der Waals surface area contributed by atoms with Crippen molar-refractivity contribution in [2.45, 2.75) is 17.6 Å². The molecule has 0 heterocycles. The number of hydrogen-bond acceptors (Lipinski definition) is 4. The summed E-state index contributed by atoms with van der Waals surface area (Å²) in [5, 5.41) is 30.2. The Bertz CT molecular complexity index is 839. The fraction of sp³-hybridized carbons (Fsp3) is 0.143. The summed E-state index contributed by atoms with van der Waals surface area (Å²) in [5.74, 6) is 0.705. The van der Waals surface area contributed by atoms with Crippen molar-refractivity contribution in [2.75, 3.05) is 0 Å². The Morgan fingerprint density at radius 3 is 2.00 bits per heavy atom. The molecule has 0 aliphatic carbocycles. The van der Waals surface area contributed by atoms with Crippen LogP contribution in [0.25, 0.3) is 0 Å². The van der Waals surface area contributed by atoms with Gasteiger partial charge in [0.2, 0.25) is 0 Å². The van der Waals surface area contributed by atoms with Crippen molar-refractivity contribution in [1.82, 2.24) is 0 Å². The predicted molar refractivity (Wildman–Crippen MR) is 101 cm³/mol. The van der Waals surface area contributed by atoms with E-state index in [2.05, 4.69) is 0 Å². The maximum Gasteiger partial charge on any atom is 0.169 e. The second-order valence-corrected chi connectivity index (χ2v) is 6.36. The molecule has 4 nitrogen and oxygen atoms in total. The third-order valence-corrected chi connectivity index (χ3v) is 4.55. The summed E-state index contributed by atoms with van der Waals surface area (Å²) in [5.41, 5.74) is 1.05. The zero-order valence-corrected chi connectivity index (χ0v) is 14.6. The average Bonchev–Trinajstić information content (AvgIpc) is 2.69. The number of para-hydroxylation sites is 1. The van der Waals surface area contributed by atoms with Gasteiger partial charge in [0.1, 0.15) is 18.0 Å². The molecule has 134 valence electrons. The molecule has 5 heteroatoms. The summed E-state index contributed by atoms with van der Waals surface area (Å²) in [6.07, 6.45) is -2.49. The number of aliphatic hydroxyl groups is 2. The van der Waals surface area contributed by atoms with Gasteiger partial charge in [-0.15, -0.1) is 11.6 Å². The molecular weight excluding hydrogens is 352 g/mol. The van der Waals surface area contributed by atoms with Crippen molar-refractivity contribution in [3.05, 3.63) is 90.0 Å². The molecule has 0 aromatic heterocycles. The highest BCUT2D eigenvalue weighted by molar-refractivity contribution is 6.21. The second kappa shape index (κ2) is 8.23. The van der Waals surface area contributed by atoms with E-state index in [0.29, 0.717) is 16.9 Å². The number of phenols is 1. The third kappa shape index (κ3) is 4.17. The van der Waals surface area contributed by atoms with Gasteiger partial charge in [0, 0.05) is 0 Å². The van der Waals surface area contributed by atoms with Gasteiger partial charge in [-0.2, -0.15) is 0 Å². The molecular formula is C21H19ClO4. The van der Waals surface area contributed by atoms with Gasteiger partial charge in [-0.3, -0.25) is 0 Å². The molecule has 0 radical (unpaired) electrons. The average molecular weight is 371 g/mol. The Kier molecular flexibility index (Phi) is 5.78. The lowest BCUT2D eigenvalue weighted by Crippen LogP contribution is -2.23. The minimum absolute atomic E-state index is 0.136. The molecule has 3 N–H and O–H groups in total. The first kappa shape index (κ1) is 18.3. The number of ether oxygens (including phenoxy) is 1. The minimum Gasteiger partial charge on any atom is -0.504 e. The fourth-order valence-corrected chi connectivity index (χ4v) is 2.89. The highest BCUT2D eigenvalue weighted by Gasteiger charge is 2.27. The molecule has 26 heavy (non-hydrogen) atoms. The topological polar surface area (TPSA) is 69.9 Å². The van der Waals surface area contributed by atoms with Crippen molar-refractivity contribution >= 4 is 11.6 Å². The molecule has 0 saturated carbocycles. The van der Waals surface area contributed by atoms with Gasteiger partial charge in [0.05, 0.1) is 5.38 Å². The fourth-order valence-electron chi connectivity index (χ4n) is 2.61. The van der Waals surface area contributed by atoms with Gasteiger partial charge in [0.15, 0.2) is 11.5 Å². The highest BCUT2D eigenvalue weighted by Crippen LogP contribution is 2.36. The molecule has 0 saturated heterocycles. The van der Waals surface area contributed by atoms with E-state index in [9.17, 15) is 15.3 Å². The number of phenolic OH excluding ortho intramolecular Hbond substituents is 1. The van der Waals surface area contributed by atoms with E-state index in [1.165, 1.54) is 6.07 Å². The molecule has 0 aliphatic rings. The first-order chi connectivity index (χ1) is 12.6. The Labute approximate surface area is 156 Å². The summed E-state index contributed by atoms with van der Waals surface area (Å²) < 4.78 is 5.60. The lowest BCUT2D eigenvalue weighted by atomic mass is 9.97. The number of aromatic hydroxyl groups is 1. The molecule has 0 spiro atoms. The van der Waals surface area contributed by atoms with Crippen molar-refractivity contribution in [2.24, 2.45) is 0 Å². The number of halogens is 1. The van der Waals surface area contributed by atoms with Crippen LogP contribution in [0.15, 0.2) is 78.9 Å². The van der Waals surface area contributed by atoms with Crippen molar-refractivity contribution < 1.29 is 20.1 Å². The molecule has 0 bridgehead atoms. The number of rotatable bonds is 6. The van der Waals surface area contributed by atoms with E-state index in [-0.39, 0.29) is 11.5 Å². The van der Waals surface area contributed by atoms with Crippen LogP contribution in [-0.4, -0.2) is 21.4 Å². The van der Waals surface area contributed by atoms with Crippen LogP contribution in [0.3, 0.4) is 0 Å². The lowest BCUT2D eigenvalue weighted by molar-refractivity contribution is 0.0156. The third-order valence-electron chi connectivity index (χ3n) is 4.04. The van der Waals surface area contributed by atoms with Crippen LogP contribution < -0.4 is 4.74 Å². The maximum atomic E-state index is 10.4. The predicted octanol–water partition coefficient (Wildman–Crippen LogP) is 4.56. The summed E-state index contributed by atoms with van der Waals surface area (Å²) in [4.78, 5) is 0. The smallest absolute Gasteiger partial charge is 0.169 e. The highest BCUT2D eigenvalue weighted by atomic mass is 35.5. The molecule has 0 amide bonds. The first-order valence-corrected chi connectivity index (χ1v) is 8.61. The quantitative estimate of drug-likeness (QED) is 0.556. The zero-order chi connectivity index (χ0) is 18.5. The maximum absolute atomic E-state index is 10.4. The lowest BCUT2D eigenvalue weighted by Gasteiger charge is -2.23. The van der Waals surface area contributed by atoms with Gasteiger partial charge < -0.3 is 20.1 Å². The monoisotopic (exact) mass is 370 g/mol. The van der Waals surface area contributed by atoms with E-state index in [1.807, 2.05) is 36.4 Å². The van der Waals surface area contributed by atoms with Gasteiger partial charge in [-0.1, -0.05) is 54.6 Å². The van der Waals surface area contributed by atoms with Gasteiger partial charge in [0.25, 0.3) is 0 Å². The molecule has 0 aliphatic heterocycles. The Morgan fingerprint density at radius 2 is 1.38 bits per heavy atom. The van der Waals surface area contributed by atoms with E-state index < -0.39 is 17.6 Å². The van der Waals surface area contributed by atoms with Crippen LogP contribution in [0, 0.1) is 0 Å². The van der Waals surface area contributed by atoms with Crippen LogP contribution in [0.1, 0.15) is 22.6 Å². The first-order valence-electron chi connectivity index (χ1n) is 8.17.